The molecule has 0 spiro atoms. The molecule has 1 aliphatic heterocycles. The highest BCUT2D eigenvalue weighted by atomic mass is 35.5. The monoisotopic (exact) mass is 529 g/mol. The van der Waals surface area contributed by atoms with E-state index in [2.05, 4.69) is 25.5 Å². The number of aromatic nitrogens is 2. The molecule has 0 saturated carbocycles. The molecule has 9 nitrogen and oxygen atoms in total. The van der Waals surface area contributed by atoms with E-state index in [1.54, 1.807) is 32.4 Å². The van der Waals surface area contributed by atoms with Crippen LogP contribution in [0.4, 0.5) is 21.6 Å². The first-order chi connectivity index (χ1) is 18.0. The summed E-state index contributed by atoms with van der Waals surface area (Å²) in [7, 11) is 3.27. The molecule has 196 valence electrons. The highest BCUT2D eigenvalue weighted by Gasteiger charge is 2.26. The number of fused-ring (bicyclic) bond motifs is 1. The molecule has 1 aromatic heterocycles. The van der Waals surface area contributed by atoms with Gasteiger partial charge in [-0.2, -0.15) is 0 Å². The maximum absolute atomic E-state index is 13.6. The van der Waals surface area contributed by atoms with Crippen LogP contribution in [0.5, 0.6) is 5.75 Å². The zero-order valence-electron chi connectivity index (χ0n) is 20.7. The van der Waals surface area contributed by atoms with Crippen molar-refractivity contribution in [1.29, 1.82) is 0 Å². The topological polar surface area (TPSA) is 97.8 Å². The van der Waals surface area contributed by atoms with Crippen LogP contribution >= 0.6 is 11.6 Å². The number of rotatable bonds is 12. The molecular formula is C26H29ClFN5O4. The molecule has 0 aliphatic carbocycles. The van der Waals surface area contributed by atoms with Crippen molar-refractivity contribution < 1.29 is 23.4 Å². The van der Waals surface area contributed by atoms with Crippen LogP contribution in [0.3, 0.4) is 0 Å². The Kier molecular flexibility index (Phi) is 9.24. The minimum Gasteiger partial charge on any atom is -0.489 e. The van der Waals surface area contributed by atoms with E-state index in [1.165, 1.54) is 24.5 Å². The van der Waals surface area contributed by atoms with E-state index < -0.39 is 5.82 Å². The van der Waals surface area contributed by atoms with Crippen LogP contribution in [0, 0.1) is 5.82 Å². The van der Waals surface area contributed by atoms with Crippen molar-refractivity contribution >= 4 is 45.6 Å². The Labute approximate surface area is 219 Å². The minimum absolute atomic E-state index is 0.0105. The van der Waals surface area contributed by atoms with Gasteiger partial charge in [0, 0.05) is 56.6 Å². The van der Waals surface area contributed by atoms with Crippen LogP contribution in [0.25, 0.3) is 10.9 Å². The number of hydrogen-bond acceptors (Lipinski definition) is 8. The number of halogens is 2. The largest absolute Gasteiger partial charge is 0.489 e. The van der Waals surface area contributed by atoms with Crippen LogP contribution in [0.1, 0.15) is 6.42 Å². The summed E-state index contributed by atoms with van der Waals surface area (Å²) < 4.78 is 29.7. The summed E-state index contributed by atoms with van der Waals surface area (Å²) in [5, 5.41) is 6.65. The molecule has 2 N–H and O–H groups in total. The van der Waals surface area contributed by atoms with Crippen molar-refractivity contribution in [3.05, 3.63) is 59.7 Å². The highest BCUT2D eigenvalue weighted by Crippen LogP contribution is 2.34. The van der Waals surface area contributed by atoms with E-state index in [9.17, 15) is 9.18 Å². The van der Waals surface area contributed by atoms with Crippen molar-refractivity contribution in [2.24, 2.45) is 0 Å². The number of benzene rings is 2. The molecule has 3 aromatic rings. The fourth-order valence-electron chi connectivity index (χ4n) is 3.93. The van der Waals surface area contributed by atoms with Crippen LogP contribution in [-0.2, 0) is 14.3 Å². The van der Waals surface area contributed by atoms with E-state index in [4.69, 9.17) is 25.8 Å². The molecule has 0 radical (unpaired) electrons. The number of nitrogens with zero attached hydrogens (tertiary/aromatic N) is 3. The van der Waals surface area contributed by atoms with Gasteiger partial charge < -0.3 is 24.8 Å². The number of nitrogens with one attached hydrogen (secondary N) is 2. The Morgan fingerprint density at radius 3 is 2.81 bits per heavy atom. The van der Waals surface area contributed by atoms with Crippen molar-refractivity contribution in [1.82, 2.24) is 14.9 Å². The molecule has 2 aromatic carbocycles. The first kappa shape index (κ1) is 26.7. The molecule has 37 heavy (non-hydrogen) atoms. The lowest BCUT2D eigenvalue weighted by molar-refractivity contribution is -0.112. The average Bonchev–Trinajstić information content (AvgIpc) is 2.87. The van der Waals surface area contributed by atoms with Gasteiger partial charge in [-0.3, -0.25) is 9.69 Å². The van der Waals surface area contributed by atoms with Gasteiger partial charge in [0.05, 0.1) is 29.4 Å². The fourth-order valence-corrected chi connectivity index (χ4v) is 4.11. The van der Waals surface area contributed by atoms with Crippen molar-refractivity contribution in [3.63, 3.8) is 0 Å². The molecule has 0 bridgehead atoms. The van der Waals surface area contributed by atoms with E-state index in [-0.39, 0.29) is 10.9 Å². The lowest BCUT2D eigenvalue weighted by Crippen LogP contribution is -2.50. The number of hydrogen-bond donors (Lipinski definition) is 2. The molecule has 1 atom stereocenters. The number of amides is 1. The van der Waals surface area contributed by atoms with Crippen LogP contribution in [0.2, 0.25) is 5.02 Å². The van der Waals surface area contributed by atoms with Crippen LogP contribution in [-0.4, -0.2) is 73.9 Å². The standard InChI is InChI=1S/C26H29ClFN5O4/c1-35-10-11-37-24-14-22-19(26(30-16-29-22)31-17-5-6-21(28)20(27)12-17)13-23(24)32-25(34)4-3-8-33-9-7-18(33)15-36-2/h3-6,12-14,16,18H,7-11,15H2,1-2H3,(H,32,34)(H,29,30,31). The fraction of sp³-hybridized carbons (Fsp3) is 0.346. The quantitative estimate of drug-likeness (QED) is 0.263. The summed E-state index contributed by atoms with van der Waals surface area (Å²) in [6.07, 6.45) is 5.84. The van der Waals surface area contributed by atoms with Gasteiger partial charge in [-0.25, -0.2) is 14.4 Å². The minimum atomic E-state index is -0.515. The maximum Gasteiger partial charge on any atom is 0.248 e. The second kappa shape index (κ2) is 12.8. The number of methoxy groups -OCH3 is 2. The number of carbonyl (C=O) groups is 1. The third-order valence-corrected chi connectivity index (χ3v) is 6.25. The van der Waals surface area contributed by atoms with Gasteiger partial charge in [0.15, 0.2) is 0 Å². The highest BCUT2D eigenvalue weighted by molar-refractivity contribution is 6.31. The van der Waals surface area contributed by atoms with E-state index >= 15 is 0 Å². The predicted octanol–water partition coefficient (Wildman–Crippen LogP) is 4.41. The molecule has 11 heteroatoms. The molecule has 1 amide bonds. The van der Waals surface area contributed by atoms with Crippen LogP contribution in [0.15, 0.2) is 48.8 Å². The summed E-state index contributed by atoms with van der Waals surface area (Å²) in [6.45, 7) is 3.00. The van der Waals surface area contributed by atoms with E-state index in [1.807, 2.05) is 6.08 Å². The Hall–Kier alpha value is -3.31. The van der Waals surface area contributed by atoms with Gasteiger partial charge in [-0.1, -0.05) is 17.7 Å². The zero-order valence-corrected chi connectivity index (χ0v) is 21.4. The Morgan fingerprint density at radius 1 is 1.22 bits per heavy atom. The lowest BCUT2D eigenvalue weighted by atomic mass is 10.0. The molecule has 1 saturated heterocycles. The molecule has 2 heterocycles. The predicted molar refractivity (Wildman–Crippen MR) is 141 cm³/mol. The number of carbonyl (C=O) groups excluding carboxylic acids is 1. The van der Waals surface area contributed by atoms with E-state index in [0.29, 0.717) is 66.3 Å². The summed E-state index contributed by atoms with van der Waals surface area (Å²) in [4.78, 5) is 23.7. The number of anilines is 3. The lowest BCUT2D eigenvalue weighted by Gasteiger charge is -2.39. The van der Waals surface area contributed by atoms with Crippen molar-refractivity contribution in [2.45, 2.75) is 12.5 Å². The second-order valence-corrected chi connectivity index (χ2v) is 8.87. The average molecular weight is 530 g/mol. The van der Waals surface area contributed by atoms with Gasteiger partial charge in [-0.15, -0.1) is 0 Å². The SMILES string of the molecule is COCCOc1cc2ncnc(Nc3ccc(F)c(Cl)c3)c2cc1NC(=O)C=CCN1CCC1COC. The molecular weight excluding hydrogens is 501 g/mol. The smallest absolute Gasteiger partial charge is 0.248 e. The number of ether oxygens (including phenoxy) is 3. The van der Waals surface area contributed by atoms with Gasteiger partial charge in [-0.05, 0) is 30.7 Å². The zero-order chi connectivity index (χ0) is 26.2. The summed E-state index contributed by atoms with van der Waals surface area (Å²) in [6, 6.07) is 8.15. The Morgan fingerprint density at radius 2 is 2.08 bits per heavy atom. The van der Waals surface area contributed by atoms with Crippen LogP contribution < -0.4 is 15.4 Å². The first-order valence-corrected chi connectivity index (χ1v) is 12.2. The number of likely N-dealkylation sites (tertiary alicyclic amines) is 1. The first-order valence-electron chi connectivity index (χ1n) is 11.8. The Balaban J connectivity index is 1.55. The molecule has 1 aliphatic rings. The normalized spacial score (nSPS) is 15.6. The third kappa shape index (κ3) is 6.92. The van der Waals surface area contributed by atoms with Gasteiger partial charge >= 0.3 is 0 Å². The molecule has 1 fully saturated rings. The summed E-state index contributed by atoms with van der Waals surface area (Å²) in [5.74, 6) is 0.100. The van der Waals surface area contributed by atoms with Crippen molar-refractivity contribution in [3.8, 4) is 5.75 Å². The maximum atomic E-state index is 13.6. The second-order valence-electron chi connectivity index (χ2n) is 8.47. The molecule has 4 rings (SSSR count). The summed E-state index contributed by atoms with van der Waals surface area (Å²) in [5.41, 5.74) is 1.60. The van der Waals surface area contributed by atoms with Gasteiger partial charge in [0.25, 0.3) is 0 Å². The third-order valence-electron chi connectivity index (χ3n) is 5.96. The van der Waals surface area contributed by atoms with Crippen molar-refractivity contribution in [2.75, 3.05) is 57.8 Å². The molecule has 1 unspecified atom stereocenters. The Bertz CT molecular complexity index is 1280. The van der Waals surface area contributed by atoms with E-state index in [0.717, 1.165) is 13.0 Å². The van der Waals surface area contributed by atoms with Gasteiger partial charge in [0.1, 0.15) is 30.3 Å². The van der Waals surface area contributed by atoms with Gasteiger partial charge in [0.2, 0.25) is 5.91 Å². The summed E-state index contributed by atoms with van der Waals surface area (Å²) >= 11 is 5.92.